The molecular formula is C22H14ClFN4O2. The number of rotatable bonds is 3. The molecule has 0 amide bonds. The van der Waals surface area contributed by atoms with Gasteiger partial charge in [-0.15, -0.1) is 0 Å². The summed E-state index contributed by atoms with van der Waals surface area (Å²) in [5.74, 6) is 0.200. The van der Waals surface area contributed by atoms with Crippen molar-refractivity contribution in [2.75, 3.05) is 0 Å². The van der Waals surface area contributed by atoms with Gasteiger partial charge in [0.25, 0.3) is 5.56 Å². The third-order valence-corrected chi connectivity index (χ3v) is 5.10. The molecule has 8 heteroatoms. The number of hydrogen-bond acceptors (Lipinski definition) is 4. The monoisotopic (exact) mass is 420 g/mol. The molecule has 0 radical (unpaired) electrons. The third kappa shape index (κ3) is 3.00. The standard InChI is InChI=1S/C22H14ClFN4O2/c1-12-19(20-21(29)25-11-26-22(20)30-12)17-10-18(13-2-6-15(24)7-3-13)28(27-17)16-8-4-14(23)5-9-16/h2-11H,1H3,(H,25,26,29). The highest BCUT2D eigenvalue weighted by Gasteiger charge is 2.22. The van der Waals surface area contributed by atoms with E-state index in [2.05, 4.69) is 9.97 Å². The lowest BCUT2D eigenvalue weighted by Crippen LogP contribution is -2.05. The maximum atomic E-state index is 13.5. The second kappa shape index (κ2) is 6.96. The number of hydrogen-bond donors (Lipinski definition) is 1. The van der Waals surface area contributed by atoms with Crippen molar-refractivity contribution in [3.63, 3.8) is 0 Å². The van der Waals surface area contributed by atoms with Crippen molar-refractivity contribution in [3.8, 4) is 28.2 Å². The lowest BCUT2D eigenvalue weighted by molar-refractivity contribution is 0.568. The Morgan fingerprint density at radius 2 is 1.83 bits per heavy atom. The predicted octanol–water partition coefficient (Wildman–Crippen LogP) is 5.14. The molecule has 148 valence electrons. The van der Waals surface area contributed by atoms with Gasteiger partial charge in [0.1, 0.15) is 17.0 Å². The van der Waals surface area contributed by atoms with Gasteiger partial charge in [0.05, 0.1) is 29.0 Å². The van der Waals surface area contributed by atoms with Gasteiger partial charge < -0.3 is 9.40 Å². The number of aromatic amines is 1. The molecule has 0 aliphatic heterocycles. The normalized spacial score (nSPS) is 11.3. The number of nitrogens with zero attached hydrogens (tertiary/aromatic N) is 3. The van der Waals surface area contributed by atoms with Crippen molar-refractivity contribution in [1.29, 1.82) is 0 Å². The van der Waals surface area contributed by atoms with E-state index in [1.165, 1.54) is 18.5 Å². The molecule has 5 aromatic rings. The summed E-state index contributed by atoms with van der Waals surface area (Å²) >= 11 is 6.03. The Morgan fingerprint density at radius 1 is 1.10 bits per heavy atom. The fourth-order valence-corrected chi connectivity index (χ4v) is 3.60. The van der Waals surface area contributed by atoms with Crippen LogP contribution in [-0.2, 0) is 0 Å². The molecule has 0 bridgehead atoms. The van der Waals surface area contributed by atoms with E-state index >= 15 is 0 Å². The average Bonchev–Trinajstić information content (AvgIpc) is 3.30. The zero-order valence-corrected chi connectivity index (χ0v) is 16.4. The smallest absolute Gasteiger partial charge is 0.262 e. The molecule has 0 fully saturated rings. The summed E-state index contributed by atoms with van der Waals surface area (Å²) in [5.41, 5.74) is 3.30. The van der Waals surface area contributed by atoms with Gasteiger partial charge in [-0.05, 0) is 61.5 Å². The van der Waals surface area contributed by atoms with Crippen LogP contribution in [0.15, 0.2) is 70.1 Å². The van der Waals surface area contributed by atoms with Crippen LogP contribution in [-0.4, -0.2) is 19.7 Å². The third-order valence-electron chi connectivity index (χ3n) is 4.85. The quantitative estimate of drug-likeness (QED) is 0.438. The maximum Gasteiger partial charge on any atom is 0.262 e. The van der Waals surface area contributed by atoms with Crippen LogP contribution in [0.3, 0.4) is 0 Å². The molecule has 2 aromatic carbocycles. The first-order chi connectivity index (χ1) is 14.5. The highest BCUT2D eigenvalue weighted by Crippen LogP contribution is 2.34. The Bertz CT molecular complexity index is 1370. The predicted molar refractivity (Wildman–Crippen MR) is 112 cm³/mol. The Balaban J connectivity index is 1.78. The summed E-state index contributed by atoms with van der Waals surface area (Å²) in [6.45, 7) is 1.76. The minimum Gasteiger partial charge on any atom is -0.442 e. The lowest BCUT2D eigenvalue weighted by Gasteiger charge is -2.07. The second-order valence-corrected chi connectivity index (χ2v) is 7.19. The van der Waals surface area contributed by atoms with Crippen LogP contribution in [0.25, 0.3) is 39.3 Å². The zero-order chi connectivity index (χ0) is 20.8. The van der Waals surface area contributed by atoms with Crippen LogP contribution in [0, 0.1) is 12.7 Å². The van der Waals surface area contributed by atoms with E-state index in [9.17, 15) is 9.18 Å². The molecule has 30 heavy (non-hydrogen) atoms. The van der Waals surface area contributed by atoms with Crippen molar-refractivity contribution in [2.45, 2.75) is 6.92 Å². The fraction of sp³-hybridized carbons (Fsp3) is 0.0455. The molecule has 3 aromatic heterocycles. The summed E-state index contributed by atoms with van der Waals surface area (Å²) < 4.78 is 20.9. The largest absolute Gasteiger partial charge is 0.442 e. The molecule has 0 aliphatic carbocycles. The molecule has 1 N–H and O–H groups in total. The van der Waals surface area contributed by atoms with Crippen LogP contribution < -0.4 is 5.56 Å². The molecule has 0 aliphatic rings. The van der Waals surface area contributed by atoms with Crippen LogP contribution in [0.4, 0.5) is 4.39 Å². The van der Waals surface area contributed by atoms with Gasteiger partial charge in [-0.25, -0.2) is 14.1 Å². The number of benzene rings is 2. The lowest BCUT2D eigenvalue weighted by atomic mass is 10.1. The molecule has 6 nitrogen and oxygen atoms in total. The van der Waals surface area contributed by atoms with Crippen LogP contribution in [0.5, 0.6) is 0 Å². The van der Waals surface area contributed by atoms with Crippen molar-refractivity contribution < 1.29 is 8.81 Å². The molecule has 5 rings (SSSR count). The summed E-state index contributed by atoms with van der Waals surface area (Å²) in [7, 11) is 0. The van der Waals surface area contributed by atoms with Gasteiger partial charge in [0.2, 0.25) is 5.71 Å². The molecule has 0 atom stereocenters. The van der Waals surface area contributed by atoms with Gasteiger partial charge in [-0.3, -0.25) is 4.79 Å². The number of aromatic nitrogens is 4. The van der Waals surface area contributed by atoms with Crippen molar-refractivity contribution in [2.24, 2.45) is 0 Å². The Morgan fingerprint density at radius 3 is 2.57 bits per heavy atom. The van der Waals surface area contributed by atoms with Gasteiger partial charge in [-0.2, -0.15) is 5.10 Å². The van der Waals surface area contributed by atoms with Gasteiger partial charge in [-0.1, -0.05) is 11.6 Å². The minimum atomic E-state index is -0.328. The first-order valence-electron chi connectivity index (χ1n) is 9.10. The van der Waals surface area contributed by atoms with E-state index in [0.29, 0.717) is 27.4 Å². The van der Waals surface area contributed by atoms with E-state index < -0.39 is 0 Å². The highest BCUT2D eigenvalue weighted by molar-refractivity contribution is 6.30. The molecule has 0 spiro atoms. The van der Waals surface area contributed by atoms with E-state index in [1.807, 2.05) is 18.2 Å². The minimum absolute atomic E-state index is 0.246. The number of nitrogens with one attached hydrogen (secondary N) is 1. The first kappa shape index (κ1) is 18.3. The Hall–Kier alpha value is -3.71. The van der Waals surface area contributed by atoms with Crippen LogP contribution in [0.2, 0.25) is 5.02 Å². The number of fused-ring (bicyclic) bond motifs is 1. The summed E-state index contributed by atoms with van der Waals surface area (Å²) in [6.07, 6.45) is 1.30. The second-order valence-electron chi connectivity index (χ2n) is 6.75. The number of furan rings is 1. The van der Waals surface area contributed by atoms with Crippen molar-refractivity contribution >= 4 is 22.7 Å². The summed E-state index contributed by atoms with van der Waals surface area (Å²) in [5, 5.41) is 5.68. The Labute approximate surface area is 174 Å². The highest BCUT2D eigenvalue weighted by atomic mass is 35.5. The van der Waals surface area contributed by atoms with E-state index in [1.54, 1.807) is 35.9 Å². The number of aryl methyl sites for hydroxylation is 1. The summed E-state index contributed by atoms with van der Waals surface area (Å²) in [4.78, 5) is 19.1. The molecule has 0 saturated heterocycles. The fourth-order valence-electron chi connectivity index (χ4n) is 3.47. The van der Waals surface area contributed by atoms with Crippen LogP contribution >= 0.6 is 11.6 Å². The first-order valence-corrected chi connectivity index (χ1v) is 9.48. The molecule has 0 saturated carbocycles. The SMILES string of the molecule is Cc1oc2nc[nH]c(=O)c2c1-c1cc(-c2ccc(F)cc2)n(-c2ccc(Cl)cc2)n1. The number of halogens is 2. The van der Waals surface area contributed by atoms with Crippen LogP contribution in [0.1, 0.15) is 5.76 Å². The topological polar surface area (TPSA) is 76.7 Å². The summed E-state index contributed by atoms with van der Waals surface area (Å²) in [6, 6.07) is 15.2. The Kier molecular flexibility index (Phi) is 4.25. The molecule has 3 heterocycles. The zero-order valence-electron chi connectivity index (χ0n) is 15.7. The van der Waals surface area contributed by atoms with E-state index in [-0.39, 0.29) is 17.1 Å². The van der Waals surface area contributed by atoms with Gasteiger partial charge in [0.15, 0.2) is 0 Å². The van der Waals surface area contributed by atoms with Gasteiger partial charge >= 0.3 is 0 Å². The van der Waals surface area contributed by atoms with E-state index in [0.717, 1.165) is 16.9 Å². The average molecular weight is 421 g/mol. The maximum absolute atomic E-state index is 13.5. The van der Waals surface area contributed by atoms with Crippen molar-refractivity contribution in [3.05, 3.63) is 87.9 Å². The van der Waals surface area contributed by atoms with Crippen molar-refractivity contribution in [1.82, 2.24) is 19.7 Å². The molecular weight excluding hydrogens is 407 g/mol. The van der Waals surface area contributed by atoms with E-state index in [4.69, 9.17) is 21.1 Å². The molecule has 0 unspecified atom stereocenters. The van der Waals surface area contributed by atoms with Gasteiger partial charge in [0, 0.05) is 10.6 Å². The number of H-pyrrole nitrogens is 1.